The highest BCUT2D eigenvalue weighted by molar-refractivity contribution is 7.98. The third-order valence-corrected chi connectivity index (χ3v) is 4.97. The summed E-state index contributed by atoms with van der Waals surface area (Å²) in [6.07, 6.45) is -2.57. The summed E-state index contributed by atoms with van der Waals surface area (Å²) in [6, 6.07) is 8.61. The Hall–Kier alpha value is -2.68. The van der Waals surface area contributed by atoms with E-state index in [-0.39, 0.29) is 6.54 Å². The highest BCUT2D eigenvalue weighted by Crippen LogP contribution is 2.34. The summed E-state index contributed by atoms with van der Waals surface area (Å²) in [5.41, 5.74) is 6.76. The van der Waals surface area contributed by atoms with E-state index in [0.717, 1.165) is 12.1 Å². The van der Waals surface area contributed by atoms with Crippen molar-refractivity contribution >= 4 is 28.5 Å². The molecular formula is C19H19F3N3O2S+. The van der Waals surface area contributed by atoms with Gasteiger partial charge in [-0.25, -0.2) is 4.57 Å². The number of fused-ring (bicyclic) bond motifs is 1. The minimum atomic E-state index is -4.40. The van der Waals surface area contributed by atoms with Gasteiger partial charge in [-0.05, 0) is 24.0 Å². The van der Waals surface area contributed by atoms with Gasteiger partial charge >= 0.3 is 6.18 Å². The molecule has 1 aromatic heterocycles. The largest absolute Gasteiger partial charge is 0.493 e. The average Bonchev–Trinajstić information content (AvgIpc) is 2.68. The van der Waals surface area contributed by atoms with Gasteiger partial charge in [0.2, 0.25) is 5.82 Å². The molecule has 0 aliphatic rings. The zero-order valence-corrected chi connectivity index (χ0v) is 16.3. The number of aromatic nitrogens is 2. The van der Waals surface area contributed by atoms with Crippen molar-refractivity contribution in [1.29, 1.82) is 0 Å². The number of hydrogen-bond donors (Lipinski definition) is 1. The van der Waals surface area contributed by atoms with Gasteiger partial charge in [0.1, 0.15) is 0 Å². The van der Waals surface area contributed by atoms with E-state index in [2.05, 4.69) is 4.98 Å². The SMILES string of the molecule is COc1cc2nc(SC)[n+](Cc3cccc(C(F)(F)F)c3)c(N)c2cc1OC. The van der Waals surface area contributed by atoms with Gasteiger partial charge in [-0.2, -0.15) is 13.2 Å². The van der Waals surface area contributed by atoms with Crippen molar-refractivity contribution in [2.45, 2.75) is 17.9 Å². The molecule has 3 rings (SSSR count). The molecule has 0 amide bonds. The van der Waals surface area contributed by atoms with E-state index < -0.39 is 11.7 Å². The van der Waals surface area contributed by atoms with Gasteiger partial charge in [0.25, 0.3) is 5.16 Å². The molecule has 0 bridgehead atoms. The van der Waals surface area contributed by atoms with Crippen LogP contribution in [-0.4, -0.2) is 25.5 Å². The Morgan fingerprint density at radius 1 is 1.11 bits per heavy atom. The highest BCUT2D eigenvalue weighted by atomic mass is 32.2. The van der Waals surface area contributed by atoms with E-state index in [4.69, 9.17) is 15.2 Å². The molecule has 0 aliphatic carbocycles. The number of nitrogen functional groups attached to an aromatic ring is 1. The van der Waals surface area contributed by atoms with Crippen LogP contribution in [0.5, 0.6) is 11.5 Å². The quantitative estimate of drug-likeness (QED) is 0.393. The number of thioether (sulfide) groups is 1. The van der Waals surface area contributed by atoms with Crippen LogP contribution in [0.1, 0.15) is 11.1 Å². The topological polar surface area (TPSA) is 61.2 Å². The molecule has 0 saturated heterocycles. The maximum absolute atomic E-state index is 13.0. The minimum absolute atomic E-state index is 0.156. The first kappa shape index (κ1) is 20.1. The van der Waals surface area contributed by atoms with Crippen molar-refractivity contribution in [2.75, 3.05) is 26.2 Å². The van der Waals surface area contributed by atoms with Crippen LogP contribution in [0.4, 0.5) is 19.0 Å². The van der Waals surface area contributed by atoms with E-state index in [1.807, 2.05) is 6.26 Å². The maximum atomic E-state index is 13.0. The second-order valence-corrected chi connectivity index (χ2v) is 6.77. The fraction of sp³-hybridized carbons (Fsp3) is 0.263. The van der Waals surface area contributed by atoms with Crippen LogP contribution >= 0.6 is 11.8 Å². The van der Waals surface area contributed by atoms with E-state index in [0.29, 0.717) is 38.9 Å². The van der Waals surface area contributed by atoms with E-state index in [1.54, 1.807) is 22.8 Å². The van der Waals surface area contributed by atoms with Crippen LogP contribution in [0.25, 0.3) is 10.9 Å². The molecule has 0 spiro atoms. The molecule has 5 nitrogen and oxygen atoms in total. The van der Waals surface area contributed by atoms with Gasteiger partial charge in [0.05, 0.1) is 31.7 Å². The lowest BCUT2D eigenvalue weighted by Crippen LogP contribution is -2.41. The summed E-state index contributed by atoms with van der Waals surface area (Å²) in [5, 5.41) is 1.21. The zero-order valence-electron chi connectivity index (χ0n) is 15.5. The smallest absolute Gasteiger partial charge is 0.416 e. The first-order valence-corrected chi connectivity index (χ1v) is 9.46. The fourth-order valence-electron chi connectivity index (χ4n) is 2.91. The number of methoxy groups -OCH3 is 2. The number of hydrogen-bond acceptors (Lipinski definition) is 5. The van der Waals surface area contributed by atoms with Crippen LogP contribution in [0.3, 0.4) is 0 Å². The first-order valence-electron chi connectivity index (χ1n) is 8.23. The Kier molecular flexibility index (Phi) is 5.55. The van der Waals surface area contributed by atoms with Crippen LogP contribution in [0.2, 0.25) is 0 Å². The second kappa shape index (κ2) is 7.75. The number of nitrogens with zero attached hydrogens (tertiary/aromatic N) is 2. The van der Waals surface area contributed by atoms with E-state index in [1.165, 1.54) is 32.0 Å². The van der Waals surface area contributed by atoms with Crippen molar-refractivity contribution < 1.29 is 27.2 Å². The number of benzene rings is 2. The van der Waals surface area contributed by atoms with E-state index >= 15 is 0 Å². The Labute approximate surface area is 164 Å². The number of alkyl halides is 3. The third kappa shape index (κ3) is 3.80. The molecular weight excluding hydrogens is 391 g/mol. The van der Waals surface area contributed by atoms with Crippen LogP contribution < -0.4 is 19.8 Å². The predicted molar refractivity (Wildman–Crippen MR) is 102 cm³/mol. The van der Waals surface area contributed by atoms with Crippen molar-refractivity contribution in [3.05, 3.63) is 47.5 Å². The molecule has 28 heavy (non-hydrogen) atoms. The van der Waals surface area contributed by atoms with Crippen molar-refractivity contribution in [2.24, 2.45) is 0 Å². The lowest BCUT2D eigenvalue weighted by atomic mass is 10.1. The van der Waals surface area contributed by atoms with Crippen molar-refractivity contribution in [3.8, 4) is 11.5 Å². The van der Waals surface area contributed by atoms with Gasteiger partial charge in [0.15, 0.2) is 17.0 Å². The molecule has 2 aromatic carbocycles. The number of halogens is 3. The molecule has 2 N–H and O–H groups in total. The number of anilines is 1. The second-order valence-electron chi connectivity index (χ2n) is 5.99. The van der Waals surface area contributed by atoms with Crippen LogP contribution in [-0.2, 0) is 12.7 Å². The van der Waals surface area contributed by atoms with E-state index in [9.17, 15) is 13.2 Å². The molecule has 0 atom stereocenters. The average molecular weight is 410 g/mol. The molecule has 1 heterocycles. The number of ether oxygens (including phenoxy) is 2. The van der Waals surface area contributed by atoms with Crippen LogP contribution in [0, 0.1) is 0 Å². The lowest BCUT2D eigenvalue weighted by Gasteiger charge is -2.13. The Bertz CT molecular complexity index is 1030. The minimum Gasteiger partial charge on any atom is -0.493 e. The molecule has 0 aliphatic heterocycles. The molecule has 9 heteroatoms. The van der Waals surface area contributed by atoms with Gasteiger partial charge in [-0.15, -0.1) is 0 Å². The van der Waals surface area contributed by atoms with Gasteiger partial charge in [-0.3, -0.25) is 0 Å². The summed E-state index contributed by atoms with van der Waals surface area (Å²) in [6.45, 7) is 0.156. The molecule has 0 unspecified atom stereocenters. The van der Waals surface area contributed by atoms with Gasteiger partial charge in [0, 0.05) is 12.1 Å². The monoisotopic (exact) mass is 410 g/mol. The summed E-state index contributed by atoms with van der Waals surface area (Å²) >= 11 is 1.35. The molecule has 0 fully saturated rings. The van der Waals surface area contributed by atoms with Crippen molar-refractivity contribution in [3.63, 3.8) is 0 Å². The highest BCUT2D eigenvalue weighted by Gasteiger charge is 2.30. The summed E-state index contributed by atoms with van der Waals surface area (Å²) in [5.74, 6) is 1.39. The Balaban J connectivity index is 2.14. The standard InChI is InChI=1S/C19H18F3N3O2S/c1-26-15-8-13-14(9-16(15)27-2)24-18(28-3)25(17(13)23)10-11-5-4-6-12(7-11)19(20,21)22/h4-9,23H,10H2,1-3H3/p+1. The van der Waals surface area contributed by atoms with Crippen LogP contribution in [0.15, 0.2) is 41.6 Å². The third-order valence-electron chi connectivity index (χ3n) is 4.29. The normalized spacial score (nSPS) is 11.6. The number of nitrogens with two attached hydrogens (primary N) is 1. The zero-order chi connectivity index (χ0) is 20.5. The maximum Gasteiger partial charge on any atom is 0.416 e. The molecule has 148 valence electrons. The van der Waals surface area contributed by atoms with Crippen molar-refractivity contribution in [1.82, 2.24) is 4.98 Å². The predicted octanol–water partition coefficient (Wildman–Crippen LogP) is 3.91. The fourth-order valence-corrected chi connectivity index (χ4v) is 3.49. The van der Waals surface area contributed by atoms with Gasteiger partial charge < -0.3 is 15.2 Å². The summed E-state index contributed by atoms with van der Waals surface area (Å²) < 4.78 is 51.4. The van der Waals surface area contributed by atoms with Gasteiger partial charge in [-0.1, -0.05) is 28.9 Å². The number of rotatable bonds is 5. The lowest BCUT2D eigenvalue weighted by molar-refractivity contribution is -0.713. The molecule has 0 saturated carbocycles. The molecule has 3 aromatic rings. The molecule has 0 radical (unpaired) electrons. The first-order chi connectivity index (χ1) is 13.3. The summed E-state index contributed by atoms with van der Waals surface area (Å²) in [4.78, 5) is 4.59. The Morgan fingerprint density at radius 3 is 2.39 bits per heavy atom. The Morgan fingerprint density at radius 2 is 1.79 bits per heavy atom. The summed E-state index contributed by atoms with van der Waals surface area (Å²) in [7, 11) is 3.04.